The highest BCUT2D eigenvalue weighted by Gasteiger charge is 2.10. The number of anilines is 1. The molecule has 0 unspecified atom stereocenters. The van der Waals surface area contributed by atoms with Crippen LogP contribution >= 0.6 is 11.9 Å². The van der Waals surface area contributed by atoms with Gasteiger partial charge in [-0.05, 0) is 55.3 Å². The highest BCUT2D eigenvalue weighted by Crippen LogP contribution is 2.17. The molecule has 0 aromatic heterocycles. The van der Waals surface area contributed by atoms with E-state index in [1.807, 2.05) is 67.6 Å². The van der Waals surface area contributed by atoms with Crippen LogP contribution in [0.5, 0.6) is 5.75 Å². The molecule has 3 aromatic carbocycles. The van der Waals surface area contributed by atoms with Crippen molar-refractivity contribution in [2.75, 3.05) is 12.4 Å². The molecule has 0 heterocycles. The predicted molar refractivity (Wildman–Crippen MR) is 117 cm³/mol. The van der Waals surface area contributed by atoms with Gasteiger partial charge in [-0.2, -0.15) is 4.83 Å². The van der Waals surface area contributed by atoms with Crippen molar-refractivity contribution in [1.29, 1.82) is 0 Å². The molecule has 3 aromatic rings. The fourth-order valence-corrected chi connectivity index (χ4v) is 2.77. The van der Waals surface area contributed by atoms with Crippen molar-refractivity contribution in [3.05, 3.63) is 90.0 Å². The molecule has 0 bridgehead atoms. The summed E-state index contributed by atoms with van der Waals surface area (Å²) in [5.41, 5.74) is 5.15. The average molecular weight is 410 g/mol. The molecule has 3 rings (SSSR count). The first-order chi connectivity index (χ1) is 14.1. The minimum Gasteiger partial charge on any atom is -0.496 e. The molecule has 7 heteroatoms. The molecule has 3 N–H and O–H groups in total. The standard InChI is InChI=1S/C15H16N2O2S.C7H7NO/c1-11-7-9-12(10-8-11)20-17-16-15(18)13-5-3-4-6-14(13)19-2;9-6-8-7-4-2-1-3-5-7/h3-10,17H,1-2H3,(H,16,18);1-6H,(H,8,9). The minimum atomic E-state index is -0.234. The Morgan fingerprint density at radius 3 is 2.24 bits per heavy atom. The molecule has 0 aliphatic heterocycles. The van der Waals surface area contributed by atoms with E-state index >= 15 is 0 Å². The second kappa shape index (κ2) is 12.2. The summed E-state index contributed by atoms with van der Waals surface area (Å²) < 4.78 is 5.15. The maximum atomic E-state index is 12.0. The molecule has 0 saturated carbocycles. The van der Waals surface area contributed by atoms with Gasteiger partial charge in [0, 0.05) is 10.6 Å². The van der Waals surface area contributed by atoms with Gasteiger partial charge in [0.05, 0.1) is 12.7 Å². The van der Waals surface area contributed by atoms with Crippen molar-refractivity contribution in [3.63, 3.8) is 0 Å². The zero-order chi connectivity index (χ0) is 20.9. The molecule has 2 amide bonds. The first-order valence-corrected chi connectivity index (χ1v) is 9.63. The van der Waals surface area contributed by atoms with Gasteiger partial charge in [0.1, 0.15) is 5.75 Å². The van der Waals surface area contributed by atoms with Gasteiger partial charge in [0.2, 0.25) is 6.41 Å². The molecule has 0 aliphatic rings. The fraction of sp³-hybridized carbons (Fsp3) is 0.0909. The number of rotatable bonds is 7. The SMILES string of the molecule is COc1ccccc1C(=O)NNSc1ccc(C)cc1.O=CNc1ccccc1. The van der Waals surface area contributed by atoms with Gasteiger partial charge in [-0.15, -0.1) is 0 Å². The Bertz CT molecular complexity index is 903. The number of hydrogen-bond donors (Lipinski definition) is 3. The lowest BCUT2D eigenvalue weighted by atomic mass is 10.2. The molecule has 150 valence electrons. The van der Waals surface area contributed by atoms with E-state index in [2.05, 4.69) is 15.6 Å². The number of carbonyl (C=O) groups excluding carboxylic acids is 2. The third-order valence-corrected chi connectivity index (χ3v) is 4.42. The Morgan fingerprint density at radius 2 is 1.59 bits per heavy atom. The van der Waals surface area contributed by atoms with E-state index < -0.39 is 0 Å². The number of methoxy groups -OCH3 is 1. The van der Waals surface area contributed by atoms with E-state index in [9.17, 15) is 9.59 Å². The van der Waals surface area contributed by atoms with E-state index in [-0.39, 0.29) is 5.91 Å². The maximum Gasteiger partial charge on any atom is 0.269 e. The quantitative estimate of drug-likeness (QED) is 0.310. The number of hydrazine groups is 1. The highest BCUT2D eigenvalue weighted by atomic mass is 32.2. The lowest BCUT2D eigenvalue weighted by Gasteiger charge is -2.09. The Morgan fingerprint density at radius 1 is 0.931 bits per heavy atom. The van der Waals surface area contributed by atoms with E-state index in [0.717, 1.165) is 10.6 Å². The fourth-order valence-electron chi connectivity index (χ4n) is 2.24. The van der Waals surface area contributed by atoms with Crippen LogP contribution in [0.3, 0.4) is 0 Å². The van der Waals surface area contributed by atoms with Crippen LogP contribution in [0.1, 0.15) is 15.9 Å². The molecule has 0 fully saturated rings. The van der Waals surface area contributed by atoms with Gasteiger partial charge < -0.3 is 10.1 Å². The summed E-state index contributed by atoms with van der Waals surface area (Å²) in [6, 6.07) is 24.4. The van der Waals surface area contributed by atoms with Gasteiger partial charge in [0.25, 0.3) is 5.91 Å². The van der Waals surface area contributed by atoms with Gasteiger partial charge >= 0.3 is 0 Å². The molecule has 0 saturated heterocycles. The van der Waals surface area contributed by atoms with E-state index in [0.29, 0.717) is 17.7 Å². The number of benzene rings is 3. The summed E-state index contributed by atoms with van der Waals surface area (Å²) in [6.07, 6.45) is 0.662. The Kier molecular flexibility index (Phi) is 9.28. The molecular weight excluding hydrogens is 386 g/mol. The van der Waals surface area contributed by atoms with Crippen molar-refractivity contribution in [3.8, 4) is 5.75 Å². The molecule has 6 nitrogen and oxygen atoms in total. The Balaban J connectivity index is 0.000000278. The Labute approximate surface area is 174 Å². The van der Waals surface area contributed by atoms with Gasteiger partial charge in [-0.3, -0.25) is 15.0 Å². The van der Waals surface area contributed by atoms with E-state index in [4.69, 9.17) is 4.74 Å². The summed E-state index contributed by atoms with van der Waals surface area (Å²) in [7, 11) is 1.54. The van der Waals surface area contributed by atoms with Crippen LogP contribution in [0.25, 0.3) is 0 Å². The van der Waals surface area contributed by atoms with Crippen molar-refractivity contribution < 1.29 is 14.3 Å². The second-order valence-electron chi connectivity index (χ2n) is 5.80. The van der Waals surface area contributed by atoms with Gasteiger partial charge in [-0.1, -0.05) is 48.0 Å². The van der Waals surface area contributed by atoms with Crippen molar-refractivity contribution in [1.82, 2.24) is 10.3 Å². The predicted octanol–water partition coefficient (Wildman–Crippen LogP) is 4.20. The summed E-state index contributed by atoms with van der Waals surface area (Å²) in [4.78, 5) is 25.7. The molecule has 0 spiro atoms. The number of ether oxygens (including phenoxy) is 1. The first kappa shape index (κ1) is 22.0. The van der Waals surface area contributed by atoms with Crippen LogP contribution in [0.2, 0.25) is 0 Å². The third-order valence-electron chi connectivity index (χ3n) is 3.71. The van der Waals surface area contributed by atoms with Gasteiger partial charge in [0.15, 0.2) is 0 Å². The molecule has 29 heavy (non-hydrogen) atoms. The average Bonchev–Trinajstić information content (AvgIpc) is 2.76. The number of hydrogen-bond acceptors (Lipinski definition) is 5. The zero-order valence-electron chi connectivity index (χ0n) is 16.2. The molecule has 0 atom stereocenters. The van der Waals surface area contributed by atoms with Crippen molar-refractivity contribution in [2.24, 2.45) is 0 Å². The molecule has 0 aliphatic carbocycles. The molecular formula is C22H23N3O3S. The zero-order valence-corrected chi connectivity index (χ0v) is 17.0. The monoisotopic (exact) mass is 409 g/mol. The van der Waals surface area contributed by atoms with E-state index in [1.165, 1.54) is 17.5 Å². The summed E-state index contributed by atoms with van der Waals surface area (Å²) in [6.45, 7) is 2.03. The number of nitrogens with one attached hydrogen (secondary N) is 3. The Hall–Kier alpha value is -3.29. The van der Waals surface area contributed by atoms with Crippen molar-refractivity contribution >= 4 is 30.0 Å². The van der Waals surface area contributed by atoms with Crippen LogP contribution in [0, 0.1) is 6.92 Å². The first-order valence-electron chi connectivity index (χ1n) is 8.81. The number of carbonyl (C=O) groups is 2. The van der Waals surface area contributed by atoms with Crippen LogP contribution in [0.4, 0.5) is 5.69 Å². The normalized spacial score (nSPS) is 9.59. The molecule has 0 radical (unpaired) electrons. The minimum absolute atomic E-state index is 0.234. The lowest BCUT2D eigenvalue weighted by molar-refractivity contribution is -0.105. The smallest absolute Gasteiger partial charge is 0.269 e. The number of aryl methyl sites for hydroxylation is 1. The van der Waals surface area contributed by atoms with E-state index in [1.54, 1.807) is 25.3 Å². The summed E-state index contributed by atoms with van der Waals surface area (Å²) >= 11 is 1.34. The maximum absolute atomic E-state index is 12.0. The largest absolute Gasteiger partial charge is 0.496 e. The lowest BCUT2D eigenvalue weighted by Crippen LogP contribution is -2.32. The number of amides is 2. The number of para-hydroxylation sites is 2. The highest BCUT2D eigenvalue weighted by molar-refractivity contribution is 7.97. The second-order valence-corrected chi connectivity index (χ2v) is 6.68. The topological polar surface area (TPSA) is 79.5 Å². The summed E-state index contributed by atoms with van der Waals surface area (Å²) in [5.74, 6) is 0.314. The van der Waals surface area contributed by atoms with Gasteiger partial charge in [-0.25, -0.2) is 0 Å². The summed E-state index contributed by atoms with van der Waals surface area (Å²) in [5, 5.41) is 2.53. The van der Waals surface area contributed by atoms with Crippen LogP contribution in [-0.2, 0) is 4.79 Å². The van der Waals surface area contributed by atoms with Crippen molar-refractivity contribution in [2.45, 2.75) is 11.8 Å². The van der Waals surface area contributed by atoms with Crippen LogP contribution in [0.15, 0.2) is 83.8 Å². The third kappa shape index (κ3) is 7.69. The van der Waals surface area contributed by atoms with Crippen LogP contribution in [-0.4, -0.2) is 19.4 Å². The van der Waals surface area contributed by atoms with Crippen LogP contribution < -0.4 is 20.3 Å².